The number of amides is 2. The zero-order valence-corrected chi connectivity index (χ0v) is 9.85. The van der Waals surface area contributed by atoms with Gasteiger partial charge in [-0.3, -0.25) is 4.90 Å². The first kappa shape index (κ1) is 10.6. The molecule has 3 rings (SSSR count). The SMILES string of the molecule is O=C(N1CCNCC1)N1CCc2ccccc21. The number of hydrogen-bond donors (Lipinski definition) is 1. The second-order valence-corrected chi connectivity index (χ2v) is 4.55. The molecule has 0 aromatic heterocycles. The quantitative estimate of drug-likeness (QED) is 0.725. The summed E-state index contributed by atoms with van der Waals surface area (Å²) in [6.07, 6.45) is 0.980. The van der Waals surface area contributed by atoms with Crippen LogP contribution < -0.4 is 10.2 Å². The van der Waals surface area contributed by atoms with Gasteiger partial charge in [0.25, 0.3) is 0 Å². The predicted octanol–water partition coefficient (Wildman–Crippen LogP) is 1.07. The topological polar surface area (TPSA) is 35.6 Å². The summed E-state index contributed by atoms with van der Waals surface area (Å²) < 4.78 is 0. The van der Waals surface area contributed by atoms with E-state index in [1.807, 2.05) is 28.0 Å². The van der Waals surface area contributed by atoms with Crippen LogP contribution in [0.5, 0.6) is 0 Å². The smallest absolute Gasteiger partial charge is 0.322 e. The van der Waals surface area contributed by atoms with E-state index in [4.69, 9.17) is 0 Å². The Hall–Kier alpha value is -1.55. The van der Waals surface area contributed by atoms with Crippen molar-refractivity contribution in [3.05, 3.63) is 29.8 Å². The van der Waals surface area contributed by atoms with Crippen LogP contribution in [0.4, 0.5) is 10.5 Å². The number of nitrogens with one attached hydrogen (secondary N) is 1. The molecular weight excluding hydrogens is 214 g/mol. The van der Waals surface area contributed by atoms with Crippen LogP contribution in [0.15, 0.2) is 24.3 Å². The molecule has 0 aliphatic carbocycles. The second kappa shape index (κ2) is 4.37. The first-order valence-electron chi connectivity index (χ1n) is 6.21. The van der Waals surface area contributed by atoms with E-state index in [-0.39, 0.29) is 6.03 Å². The minimum atomic E-state index is 0.163. The van der Waals surface area contributed by atoms with E-state index in [1.165, 1.54) is 5.56 Å². The lowest BCUT2D eigenvalue weighted by atomic mass is 10.2. The predicted molar refractivity (Wildman–Crippen MR) is 67.3 cm³/mol. The van der Waals surface area contributed by atoms with Crippen LogP contribution in [0.3, 0.4) is 0 Å². The Morgan fingerprint density at radius 2 is 1.88 bits per heavy atom. The normalized spacial score (nSPS) is 19.3. The van der Waals surface area contributed by atoms with Gasteiger partial charge in [0.1, 0.15) is 0 Å². The summed E-state index contributed by atoms with van der Waals surface area (Å²) in [5.74, 6) is 0. The largest absolute Gasteiger partial charge is 0.324 e. The van der Waals surface area contributed by atoms with Crippen molar-refractivity contribution in [3.8, 4) is 0 Å². The summed E-state index contributed by atoms with van der Waals surface area (Å²) in [7, 11) is 0. The van der Waals surface area contributed by atoms with Crippen molar-refractivity contribution in [3.63, 3.8) is 0 Å². The molecule has 2 amide bonds. The number of para-hydroxylation sites is 1. The monoisotopic (exact) mass is 231 g/mol. The molecule has 1 fully saturated rings. The maximum atomic E-state index is 12.4. The molecule has 1 aromatic rings. The Balaban J connectivity index is 1.79. The molecule has 4 nitrogen and oxygen atoms in total. The molecule has 1 aromatic carbocycles. The van der Waals surface area contributed by atoms with Gasteiger partial charge in [-0.1, -0.05) is 18.2 Å². The van der Waals surface area contributed by atoms with E-state index in [0.717, 1.165) is 44.8 Å². The lowest BCUT2D eigenvalue weighted by Gasteiger charge is -2.31. The molecule has 17 heavy (non-hydrogen) atoms. The number of piperazine rings is 1. The number of nitrogens with zero attached hydrogens (tertiary/aromatic N) is 2. The minimum Gasteiger partial charge on any atom is -0.322 e. The zero-order chi connectivity index (χ0) is 11.7. The third-order valence-electron chi connectivity index (χ3n) is 3.51. The fourth-order valence-corrected chi connectivity index (χ4v) is 2.56. The molecule has 0 atom stereocenters. The maximum Gasteiger partial charge on any atom is 0.324 e. The van der Waals surface area contributed by atoms with Crippen molar-refractivity contribution in [2.45, 2.75) is 6.42 Å². The van der Waals surface area contributed by atoms with Gasteiger partial charge in [0.15, 0.2) is 0 Å². The summed E-state index contributed by atoms with van der Waals surface area (Å²) >= 11 is 0. The number of rotatable bonds is 0. The van der Waals surface area contributed by atoms with Gasteiger partial charge in [-0.05, 0) is 18.1 Å². The van der Waals surface area contributed by atoms with Crippen LogP contribution in [0.1, 0.15) is 5.56 Å². The van der Waals surface area contributed by atoms with Crippen molar-refractivity contribution >= 4 is 11.7 Å². The van der Waals surface area contributed by atoms with Gasteiger partial charge in [-0.2, -0.15) is 0 Å². The van der Waals surface area contributed by atoms with Gasteiger partial charge in [-0.25, -0.2) is 4.79 Å². The van der Waals surface area contributed by atoms with E-state index in [1.54, 1.807) is 0 Å². The van der Waals surface area contributed by atoms with E-state index >= 15 is 0 Å². The molecule has 1 N–H and O–H groups in total. The van der Waals surface area contributed by atoms with Gasteiger partial charge in [0.05, 0.1) is 0 Å². The van der Waals surface area contributed by atoms with Gasteiger partial charge in [0, 0.05) is 38.4 Å². The summed E-state index contributed by atoms with van der Waals surface area (Å²) in [6.45, 7) is 4.26. The van der Waals surface area contributed by atoms with Gasteiger partial charge in [-0.15, -0.1) is 0 Å². The average molecular weight is 231 g/mol. The fraction of sp³-hybridized carbons (Fsp3) is 0.462. The summed E-state index contributed by atoms with van der Waals surface area (Å²) in [5, 5.41) is 3.27. The van der Waals surface area contributed by atoms with Crippen molar-refractivity contribution < 1.29 is 4.79 Å². The lowest BCUT2D eigenvalue weighted by Crippen LogP contribution is -2.51. The first-order valence-corrected chi connectivity index (χ1v) is 6.21. The summed E-state index contributed by atoms with van der Waals surface area (Å²) in [6, 6.07) is 8.36. The molecule has 2 aliphatic rings. The Morgan fingerprint density at radius 1 is 1.12 bits per heavy atom. The van der Waals surface area contributed by atoms with Crippen LogP contribution in [-0.2, 0) is 6.42 Å². The van der Waals surface area contributed by atoms with Crippen LogP contribution >= 0.6 is 0 Å². The molecule has 4 heteroatoms. The molecule has 0 unspecified atom stereocenters. The highest BCUT2D eigenvalue weighted by Gasteiger charge is 2.28. The molecule has 0 bridgehead atoms. The van der Waals surface area contributed by atoms with Crippen LogP contribution in [0.25, 0.3) is 0 Å². The third-order valence-corrected chi connectivity index (χ3v) is 3.51. The Bertz CT molecular complexity index is 426. The molecule has 2 heterocycles. The number of carbonyl (C=O) groups is 1. The molecule has 0 spiro atoms. The van der Waals surface area contributed by atoms with E-state index in [9.17, 15) is 4.79 Å². The fourth-order valence-electron chi connectivity index (χ4n) is 2.56. The Labute approximate surface area is 101 Å². The number of benzene rings is 1. The Morgan fingerprint density at radius 3 is 2.71 bits per heavy atom. The number of fused-ring (bicyclic) bond motifs is 1. The maximum absolute atomic E-state index is 12.4. The van der Waals surface area contributed by atoms with Gasteiger partial charge >= 0.3 is 6.03 Å². The van der Waals surface area contributed by atoms with Crippen LogP contribution in [-0.4, -0.2) is 43.7 Å². The number of hydrogen-bond acceptors (Lipinski definition) is 2. The average Bonchev–Trinajstić information content (AvgIpc) is 2.83. The van der Waals surface area contributed by atoms with E-state index in [2.05, 4.69) is 11.4 Å². The van der Waals surface area contributed by atoms with Crippen molar-refractivity contribution in [2.24, 2.45) is 0 Å². The minimum absolute atomic E-state index is 0.163. The molecule has 2 aliphatic heterocycles. The highest BCUT2D eigenvalue weighted by Crippen LogP contribution is 2.28. The van der Waals surface area contributed by atoms with E-state index < -0.39 is 0 Å². The number of anilines is 1. The van der Waals surface area contributed by atoms with Crippen molar-refractivity contribution in [2.75, 3.05) is 37.6 Å². The molecular formula is C13H17N3O. The van der Waals surface area contributed by atoms with Crippen molar-refractivity contribution in [1.29, 1.82) is 0 Å². The van der Waals surface area contributed by atoms with Gasteiger partial charge in [0.2, 0.25) is 0 Å². The number of carbonyl (C=O) groups excluding carboxylic acids is 1. The lowest BCUT2D eigenvalue weighted by molar-refractivity contribution is 0.197. The standard InChI is InChI=1S/C13H17N3O/c17-13(15-9-6-14-7-10-15)16-8-5-11-3-1-2-4-12(11)16/h1-4,14H,5-10H2. The molecule has 1 saturated heterocycles. The zero-order valence-electron chi connectivity index (χ0n) is 9.85. The summed E-state index contributed by atoms with van der Waals surface area (Å²) in [4.78, 5) is 16.2. The highest BCUT2D eigenvalue weighted by molar-refractivity contribution is 5.94. The van der Waals surface area contributed by atoms with E-state index in [0.29, 0.717) is 0 Å². The second-order valence-electron chi connectivity index (χ2n) is 4.55. The van der Waals surface area contributed by atoms with Crippen LogP contribution in [0.2, 0.25) is 0 Å². The summed E-state index contributed by atoms with van der Waals surface area (Å²) in [5.41, 5.74) is 2.38. The molecule has 0 radical (unpaired) electrons. The first-order chi connectivity index (χ1) is 8.36. The van der Waals surface area contributed by atoms with Crippen molar-refractivity contribution in [1.82, 2.24) is 10.2 Å². The van der Waals surface area contributed by atoms with Crippen LogP contribution in [0, 0.1) is 0 Å². The molecule has 90 valence electrons. The van der Waals surface area contributed by atoms with Gasteiger partial charge < -0.3 is 10.2 Å². The highest BCUT2D eigenvalue weighted by atomic mass is 16.2. The Kier molecular flexibility index (Phi) is 2.73. The molecule has 0 saturated carbocycles. The number of urea groups is 1. The third kappa shape index (κ3) is 1.89.